The Morgan fingerprint density at radius 2 is 2.35 bits per heavy atom. The number of anilines is 1. The van der Waals surface area contributed by atoms with Crippen LogP contribution in [0, 0.1) is 16.7 Å². The molecule has 1 atom stereocenters. The maximum absolute atomic E-state index is 11.9. The normalized spacial score (nSPS) is 14.1. The van der Waals surface area contributed by atoms with E-state index in [4.69, 9.17) is 5.26 Å². The number of carbonyl (C=O) groups is 1. The van der Waals surface area contributed by atoms with E-state index in [9.17, 15) is 4.79 Å². The maximum Gasteiger partial charge on any atom is 0.246 e. The van der Waals surface area contributed by atoms with Crippen LogP contribution in [0.2, 0.25) is 0 Å². The van der Waals surface area contributed by atoms with E-state index in [-0.39, 0.29) is 5.91 Å². The summed E-state index contributed by atoms with van der Waals surface area (Å²) in [5.41, 5.74) is -0.0237. The van der Waals surface area contributed by atoms with Gasteiger partial charge in [0, 0.05) is 5.38 Å². The molecule has 0 radical (unpaired) electrons. The highest BCUT2D eigenvalue weighted by atomic mass is 32.1. The SMILES string of the molecule is CCC(C)(C#N)C(=O)Nc1nc(C(C)C)cs1. The number of nitrogens with zero attached hydrogens (tertiary/aromatic N) is 2. The highest BCUT2D eigenvalue weighted by molar-refractivity contribution is 7.13. The Bertz CT molecular complexity index is 447. The van der Waals surface area contributed by atoms with Gasteiger partial charge in [-0.3, -0.25) is 4.79 Å². The summed E-state index contributed by atoms with van der Waals surface area (Å²) in [5, 5.41) is 14.2. The molecule has 4 nitrogen and oxygen atoms in total. The third kappa shape index (κ3) is 3.04. The van der Waals surface area contributed by atoms with Gasteiger partial charge < -0.3 is 5.32 Å². The Hall–Kier alpha value is -1.41. The summed E-state index contributed by atoms with van der Waals surface area (Å²) in [4.78, 5) is 16.2. The fourth-order valence-electron chi connectivity index (χ4n) is 1.13. The number of nitriles is 1. The van der Waals surface area contributed by atoms with Gasteiger partial charge in [-0.2, -0.15) is 5.26 Å². The minimum atomic E-state index is -0.982. The lowest BCUT2D eigenvalue weighted by molar-refractivity contribution is -0.122. The summed E-state index contributed by atoms with van der Waals surface area (Å²) >= 11 is 1.39. The topological polar surface area (TPSA) is 65.8 Å². The molecule has 0 aliphatic heterocycles. The van der Waals surface area contributed by atoms with Crippen LogP contribution < -0.4 is 5.32 Å². The molecule has 1 rings (SSSR count). The summed E-state index contributed by atoms with van der Waals surface area (Å²) in [6.07, 6.45) is 0.484. The lowest BCUT2D eigenvalue weighted by Crippen LogP contribution is -2.31. The van der Waals surface area contributed by atoms with Crippen molar-refractivity contribution in [1.29, 1.82) is 5.26 Å². The molecule has 0 saturated heterocycles. The Kier molecular flexibility index (Phi) is 4.24. The van der Waals surface area contributed by atoms with Gasteiger partial charge in [-0.15, -0.1) is 11.3 Å². The summed E-state index contributed by atoms with van der Waals surface area (Å²) in [6.45, 7) is 7.56. The van der Waals surface area contributed by atoms with Crippen LogP contribution in [0.3, 0.4) is 0 Å². The number of rotatable bonds is 4. The molecule has 5 heteroatoms. The van der Waals surface area contributed by atoms with E-state index < -0.39 is 5.41 Å². The van der Waals surface area contributed by atoms with Crippen molar-refractivity contribution in [3.63, 3.8) is 0 Å². The van der Waals surface area contributed by atoms with Crippen LogP contribution in [0.15, 0.2) is 5.38 Å². The fraction of sp³-hybridized carbons (Fsp3) is 0.583. The van der Waals surface area contributed by atoms with Gasteiger partial charge in [0.2, 0.25) is 5.91 Å². The quantitative estimate of drug-likeness (QED) is 0.894. The van der Waals surface area contributed by atoms with Crippen molar-refractivity contribution in [3.8, 4) is 6.07 Å². The number of amides is 1. The second-order valence-corrected chi connectivity index (χ2v) is 5.34. The lowest BCUT2D eigenvalue weighted by Gasteiger charge is -2.17. The number of thiazole rings is 1. The van der Waals surface area contributed by atoms with Crippen LogP contribution >= 0.6 is 11.3 Å². The molecule has 0 saturated carbocycles. The number of aromatic nitrogens is 1. The van der Waals surface area contributed by atoms with Crippen LogP contribution in [-0.4, -0.2) is 10.9 Å². The van der Waals surface area contributed by atoms with Crippen LogP contribution in [0.25, 0.3) is 0 Å². The molecule has 1 amide bonds. The number of hydrogen-bond donors (Lipinski definition) is 1. The smallest absolute Gasteiger partial charge is 0.246 e. The van der Waals surface area contributed by atoms with Crippen molar-refractivity contribution in [3.05, 3.63) is 11.1 Å². The average Bonchev–Trinajstić information content (AvgIpc) is 2.76. The molecule has 0 spiro atoms. The van der Waals surface area contributed by atoms with Gasteiger partial charge in [-0.1, -0.05) is 20.8 Å². The molecule has 0 aliphatic rings. The Balaban J connectivity index is 2.78. The highest BCUT2D eigenvalue weighted by Crippen LogP contribution is 2.25. The van der Waals surface area contributed by atoms with E-state index in [0.717, 1.165) is 5.69 Å². The Morgan fingerprint density at radius 1 is 1.71 bits per heavy atom. The molecular formula is C12H17N3OS. The molecule has 17 heavy (non-hydrogen) atoms. The zero-order valence-corrected chi connectivity index (χ0v) is 11.4. The molecule has 1 heterocycles. The molecule has 92 valence electrons. The van der Waals surface area contributed by atoms with Crippen LogP contribution in [-0.2, 0) is 4.79 Å². The predicted molar refractivity (Wildman–Crippen MR) is 68.8 cm³/mol. The van der Waals surface area contributed by atoms with E-state index in [2.05, 4.69) is 10.3 Å². The first-order valence-electron chi connectivity index (χ1n) is 5.61. The van der Waals surface area contributed by atoms with Crippen molar-refractivity contribution in [2.24, 2.45) is 5.41 Å². The largest absolute Gasteiger partial charge is 0.301 e. The standard InChI is InChI=1S/C12H17N3OS/c1-5-12(4,7-13)10(16)15-11-14-9(6-17-11)8(2)3/h6,8H,5H2,1-4H3,(H,14,15,16). The first-order chi connectivity index (χ1) is 7.92. The lowest BCUT2D eigenvalue weighted by atomic mass is 9.88. The van der Waals surface area contributed by atoms with Gasteiger partial charge in [0.25, 0.3) is 0 Å². The van der Waals surface area contributed by atoms with Crippen molar-refractivity contribution in [2.45, 2.75) is 40.0 Å². The third-order valence-corrected chi connectivity index (χ3v) is 3.56. The van der Waals surface area contributed by atoms with Crippen LogP contribution in [0.5, 0.6) is 0 Å². The first-order valence-corrected chi connectivity index (χ1v) is 6.49. The monoisotopic (exact) mass is 251 g/mol. The summed E-state index contributed by atoms with van der Waals surface area (Å²) in [7, 11) is 0. The van der Waals surface area contributed by atoms with Crippen molar-refractivity contribution < 1.29 is 4.79 Å². The second kappa shape index (κ2) is 5.28. The molecule has 0 fully saturated rings. The fourth-order valence-corrected chi connectivity index (χ4v) is 2.00. The van der Waals surface area contributed by atoms with Gasteiger partial charge in [-0.25, -0.2) is 4.98 Å². The summed E-state index contributed by atoms with van der Waals surface area (Å²) in [5.74, 6) is 0.0533. The molecule has 1 aromatic heterocycles. The maximum atomic E-state index is 11.9. The minimum absolute atomic E-state index is 0.285. The van der Waals surface area contributed by atoms with E-state index in [1.54, 1.807) is 6.92 Å². The molecule has 0 aromatic carbocycles. The van der Waals surface area contributed by atoms with Crippen LogP contribution in [0.4, 0.5) is 5.13 Å². The zero-order chi connectivity index (χ0) is 13.1. The molecule has 0 bridgehead atoms. The van der Waals surface area contributed by atoms with Crippen molar-refractivity contribution >= 4 is 22.4 Å². The Labute approximate surface area is 106 Å². The molecule has 1 aromatic rings. The van der Waals surface area contributed by atoms with Gasteiger partial charge in [-0.05, 0) is 19.3 Å². The van der Waals surface area contributed by atoms with Crippen molar-refractivity contribution in [1.82, 2.24) is 4.98 Å². The molecular weight excluding hydrogens is 234 g/mol. The van der Waals surface area contributed by atoms with E-state index in [1.165, 1.54) is 11.3 Å². The minimum Gasteiger partial charge on any atom is -0.301 e. The van der Waals surface area contributed by atoms with Gasteiger partial charge in [0.05, 0.1) is 11.8 Å². The van der Waals surface area contributed by atoms with Gasteiger partial charge in [0.15, 0.2) is 5.13 Å². The van der Waals surface area contributed by atoms with E-state index >= 15 is 0 Å². The van der Waals surface area contributed by atoms with Crippen LogP contribution in [0.1, 0.15) is 45.7 Å². The predicted octanol–water partition coefficient (Wildman–Crippen LogP) is 3.14. The van der Waals surface area contributed by atoms with E-state index in [1.807, 2.05) is 32.2 Å². The Morgan fingerprint density at radius 3 is 2.76 bits per heavy atom. The average molecular weight is 251 g/mol. The number of carbonyl (C=O) groups excluding carboxylic acids is 1. The third-order valence-electron chi connectivity index (χ3n) is 2.79. The second-order valence-electron chi connectivity index (χ2n) is 4.48. The molecule has 1 N–H and O–H groups in total. The van der Waals surface area contributed by atoms with Crippen molar-refractivity contribution in [2.75, 3.05) is 5.32 Å². The van der Waals surface area contributed by atoms with Gasteiger partial charge in [0.1, 0.15) is 5.41 Å². The number of hydrogen-bond acceptors (Lipinski definition) is 4. The van der Waals surface area contributed by atoms with E-state index in [0.29, 0.717) is 17.5 Å². The number of nitrogens with one attached hydrogen (secondary N) is 1. The summed E-state index contributed by atoms with van der Waals surface area (Å²) < 4.78 is 0. The van der Waals surface area contributed by atoms with Gasteiger partial charge >= 0.3 is 0 Å². The summed E-state index contributed by atoms with van der Waals surface area (Å²) in [6, 6.07) is 2.04. The highest BCUT2D eigenvalue weighted by Gasteiger charge is 2.31. The zero-order valence-electron chi connectivity index (χ0n) is 10.6. The molecule has 1 unspecified atom stereocenters. The first kappa shape index (κ1) is 13.7. The molecule has 0 aliphatic carbocycles.